The zero-order valence-corrected chi connectivity index (χ0v) is 11.7. The van der Waals surface area contributed by atoms with Gasteiger partial charge in [0.1, 0.15) is 6.73 Å². The predicted octanol–water partition coefficient (Wildman–Crippen LogP) is -2.61. The van der Waals surface area contributed by atoms with E-state index in [0.29, 0.717) is 9.13 Å². The van der Waals surface area contributed by atoms with Crippen molar-refractivity contribution in [2.75, 3.05) is 13.2 Å². The number of rotatable bonds is 4. The van der Waals surface area contributed by atoms with Crippen molar-refractivity contribution in [3.63, 3.8) is 0 Å². The predicted molar refractivity (Wildman–Crippen MR) is 80.3 cm³/mol. The third-order valence-corrected chi connectivity index (χ3v) is 3.94. The highest BCUT2D eigenvalue weighted by atomic mass is 16.3. The highest BCUT2D eigenvalue weighted by Crippen LogP contribution is 2.15. The van der Waals surface area contributed by atoms with E-state index in [1.807, 2.05) is 0 Å². The quantitative estimate of drug-likeness (QED) is 0.478. The lowest BCUT2D eigenvalue weighted by Gasteiger charge is -2.09. The molecule has 0 spiro atoms. The fraction of sp³-hybridized carbons (Fsp3) is 0.286. The standard InChI is InChI=1S/C14H12N2O7/c17-3-6(4-18)16-13(22)9-1-7-8(2-10(9)14(16)23)12(21)15(5-19)11(7)20/h1-2,6,17-19H,3-5H2. The Bertz CT molecular complexity index is 1030. The molecule has 9 nitrogen and oxygen atoms in total. The van der Waals surface area contributed by atoms with Crippen molar-refractivity contribution in [1.82, 2.24) is 9.13 Å². The molecule has 0 aliphatic heterocycles. The van der Waals surface area contributed by atoms with E-state index in [0.717, 1.165) is 12.1 Å². The van der Waals surface area contributed by atoms with Crippen LogP contribution in [0.1, 0.15) is 6.04 Å². The van der Waals surface area contributed by atoms with E-state index in [2.05, 4.69) is 0 Å². The molecule has 0 aliphatic rings. The molecule has 0 unspecified atom stereocenters. The van der Waals surface area contributed by atoms with E-state index in [1.54, 1.807) is 0 Å². The fourth-order valence-electron chi connectivity index (χ4n) is 2.72. The van der Waals surface area contributed by atoms with Gasteiger partial charge in [0.2, 0.25) is 0 Å². The van der Waals surface area contributed by atoms with Gasteiger partial charge >= 0.3 is 0 Å². The molecule has 0 saturated heterocycles. The molecule has 0 fully saturated rings. The highest BCUT2D eigenvalue weighted by Gasteiger charge is 2.22. The van der Waals surface area contributed by atoms with Gasteiger partial charge in [-0.1, -0.05) is 0 Å². The minimum absolute atomic E-state index is 0.0738. The van der Waals surface area contributed by atoms with Crippen molar-refractivity contribution >= 4 is 21.5 Å². The van der Waals surface area contributed by atoms with Crippen LogP contribution >= 0.6 is 0 Å². The van der Waals surface area contributed by atoms with Gasteiger partial charge in [-0.05, 0) is 12.1 Å². The number of aliphatic hydroxyl groups is 3. The maximum Gasteiger partial charge on any atom is 0.263 e. The Balaban J connectivity index is 2.50. The molecule has 0 bridgehead atoms. The van der Waals surface area contributed by atoms with E-state index in [1.165, 1.54) is 0 Å². The van der Waals surface area contributed by atoms with E-state index in [9.17, 15) is 19.2 Å². The molecule has 0 saturated carbocycles. The zero-order valence-electron chi connectivity index (χ0n) is 11.7. The Morgan fingerprint density at radius 2 is 1.13 bits per heavy atom. The normalized spacial score (nSPS) is 12.0. The van der Waals surface area contributed by atoms with Gasteiger partial charge < -0.3 is 15.3 Å². The number of fused-ring (bicyclic) bond motifs is 2. The lowest BCUT2D eigenvalue weighted by atomic mass is 10.1. The number of hydrogen-bond acceptors (Lipinski definition) is 7. The molecule has 9 heteroatoms. The average Bonchev–Trinajstić information content (AvgIpc) is 2.93. The minimum Gasteiger partial charge on any atom is -0.394 e. The first-order valence-corrected chi connectivity index (χ1v) is 6.71. The van der Waals surface area contributed by atoms with Gasteiger partial charge in [0.05, 0.1) is 40.8 Å². The van der Waals surface area contributed by atoms with Gasteiger partial charge in [-0.15, -0.1) is 0 Å². The molecular formula is C14H12N2O7. The lowest BCUT2D eigenvalue weighted by molar-refractivity contribution is 0.151. The average molecular weight is 320 g/mol. The second-order valence-corrected chi connectivity index (χ2v) is 5.12. The lowest BCUT2D eigenvalue weighted by Crippen LogP contribution is -2.34. The smallest absolute Gasteiger partial charge is 0.263 e. The Hall–Kier alpha value is -2.62. The summed E-state index contributed by atoms with van der Waals surface area (Å²) in [5.41, 5.74) is -3.03. The molecule has 23 heavy (non-hydrogen) atoms. The number of hydrogen-bond donors (Lipinski definition) is 3. The van der Waals surface area contributed by atoms with Gasteiger partial charge in [-0.2, -0.15) is 0 Å². The van der Waals surface area contributed by atoms with Gasteiger partial charge in [-0.25, -0.2) is 0 Å². The van der Waals surface area contributed by atoms with Crippen LogP contribution in [0, 0.1) is 0 Å². The molecule has 3 N–H and O–H groups in total. The highest BCUT2D eigenvalue weighted by molar-refractivity contribution is 5.97. The minimum atomic E-state index is -1.10. The summed E-state index contributed by atoms with van der Waals surface area (Å²) in [6, 6.07) is 1.16. The molecule has 1 aromatic carbocycles. The Labute approximate surface area is 126 Å². The first-order chi connectivity index (χ1) is 11.0. The molecule has 0 amide bonds. The monoisotopic (exact) mass is 320 g/mol. The maximum atomic E-state index is 12.3. The fourth-order valence-corrected chi connectivity index (χ4v) is 2.72. The van der Waals surface area contributed by atoms with Crippen LogP contribution in [0.15, 0.2) is 31.3 Å². The zero-order chi connectivity index (χ0) is 16.9. The van der Waals surface area contributed by atoms with E-state index in [-0.39, 0.29) is 21.5 Å². The molecule has 0 atom stereocenters. The van der Waals surface area contributed by atoms with Gasteiger partial charge in [0, 0.05) is 0 Å². The van der Waals surface area contributed by atoms with Crippen LogP contribution in [-0.4, -0.2) is 37.7 Å². The third kappa shape index (κ3) is 1.91. The SMILES string of the molecule is O=c1c2cc3c(=O)n(C(CO)CO)c(=O)c3cc2c(=O)n1CO. The van der Waals surface area contributed by atoms with Crippen LogP contribution < -0.4 is 22.2 Å². The largest absolute Gasteiger partial charge is 0.394 e. The summed E-state index contributed by atoms with van der Waals surface area (Å²) < 4.78 is 1.30. The molecule has 0 aliphatic carbocycles. The Morgan fingerprint density at radius 3 is 1.48 bits per heavy atom. The van der Waals surface area contributed by atoms with Crippen molar-refractivity contribution in [2.45, 2.75) is 12.8 Å². The molecule has 0 radical (unpaired) electrons. The molecular weight excluding hydrogens is 308 g/mol. The maximum absolute atomic E-state index is 12.3. The van der Waals surface area contributed by atoms with Crippen LogP contribution in [0.4, 0.5) is 0 Å². The molecule has 120 valence electrons. The van der Waals surface area contributed by atoms with E-state index < -0.39 is 48.2 Å². The van der Waals surface area contributed by atoms with Crippen molar-refractivity contribution < 1.29 is 15.3 Å². The summed E-state index contributed by atoms with van der Waals surface area (Å²) >= 11 is 0. The van der Waals surface area contributed by atoms with Crippen LogP contribution in [0.25, 0.3) is 21.5 Å². The number of nitrogens with zero attached hydrogens (tertiary/aromatic N) is 2. The van der Waals surface area contributed by atoms with Gasteiger partial charge in [-0.3, -0.25) is 28.3 Å². The van der Waals surface area contributed by atoms with Crippen LogP contribution in [0.5, 0.6) is 0 Å². The summed E-state index contributed by atoms with van der Waals surface area (Å²) in [6.45, 7) is -2.03. The summed E-state index contributed by atoms with van der Waals surface area (Å²) in [7, 11) is 0. The summed E-state index contributed by atoms with van der Waals surface area (Å²) in [5, 5.41) is 27.1. The van der Waals surface area contributed by atoms with Crippen LogP contribution in [0.2, 0.25) is 0 Å². The summed E-state index contributed by atoms with van der Waals surface area (Å²) in [6.07, 6.45) is 0. The first kappa shape index (κ1) is 15.3. The molecule has 2 heterocycles. The van der Waals surface area contributed by atoms with Crippen LogP contribution in [-0.2, 0) is 6.73 Å². The van der Waals surface area contributed by atoms with Crippen molar-refractivity contribution in [3.8, 4) is 0 Å². The van der Waals surface area contributed by atoms with Crippen molar-refractivity contribution in [2.24, 2.45) is 0 Å². The molecule has 2 aromatic heterocycles. The van der Waals surface area contributed by atoms with E-state index in [4.69, 9.17) is 15.3 Å². The molecule has 3 aromatic rings. The van der Waals surface area contributed by atoms with Crippen LogP contribution in [0.3, 0.4) is 0 Å². The Morgan fingerprint density at radius 1 is 0.739 bits per heavy atom. The molecule has 3 rings (SSSR count). The van der Waals surface area contributed by atoms with E-state index >= 15 is 0 Å². The topological polar surface area (TPSA) is 139 Å². The number of benzene rings is 1. The number of aromatic nitrogens is 2. The first-order valence-electron chi connectivity index (χ1n) is 6.71. The third-order valence-electron chi connectivity index (χ3n) is 3.94. The van der Waals surface area contributed by atoms with Crippen molar-refractivity contribution in [3.05, 3.63) is 53.5 Å². The second-order valence-electron chi connectivity index (χ2n) is 5.12. The van der Waals surface area contributed by atoms with Crippen molar-refractivity contribution in [1.29, 1.82) is 0 Å². The second kappa shape index (κ2) is 5.23. The summed E-state index contributed by atoms with van der Waals surface area (Å²) in [5.74, 6) is 0. The Kier molecular flexibility index (Phi) is 3.48. The number of aliphatic hydroxyl groups excluding tert-OH is 3. The van der Waals surface area contributed by atoms with Gasteiger partial charge in [0.15, 0.2) is 0 Å². The summed E-state index contributed by atoms with van der Waals surface area (Å²) in [4.78, 5) is 48.7. The van der Waals surface area contributed by atoms with Gasteiger partial charge in [0.25, 0.3) is 22.2 Å².